The molecule has 6 heteroatoms. The Balaban J connectivity index is 2.09. The van der Waals surface area contributed by atoms with Crippen LogP contribution in [0.2, 0.25) is 0 Å². The standard InChI is InChI=1S/C16H24N2O3S/c1-3-4-5-6-7-8-11-18-13-17(2)16-12-14(22(19,20)21)9-10-15(16)18/h9-10,12-13H,3-8,11H2,1-2H3/p+1. The summed E-state index contributed by atoms with van der Waals surface area (Å²) in [5, 5.41) is 0. The van der Waals surface area contributed by atoms with Gasteiger partial charge < -0.3 is 0 Å². The van der Waals surface area contributed by atoms with E-state index >= 15 is 0 Å². The van der Waals surface area contributed by atoms with Crippen molar-refractivity contribution in [1.82, 2.24) is 4.57 Å². The lowest BCUT2D eigenvalue weighted by atomic mass is 10.1. The van der Waals surface area contributed by atoms with E-state index in [-0.39, 0.29) is 4.90 Å². The van der Waals surface area contributed by atoms with Crippen LogP contribution in [0.3, 0.4) is 0 Å². The Morgan fingerprint density at radius 3 is 2.50 bits per heavy atom. The van der Waals surface area contributed by atoms with Gasteiger partial charge in [-0.3, -0.25) is 4.55 Å². The number of hydrogen-bond acceptors (Lipinski definition) is 2. The molecule has 0 amide bonds. The molecule has 0 spiro atoms. The molecule has 0 atom stereocenters. The van der Waals surface area contributed by atoms with Crippen LogP contribution in [-0.2, 0) is 23.7 Å². The average Bonchev–Trinajstić information content (AvgIpc) is 2.78. The Morgan fingerprint density at radius 1 is 1.14 bits per heavy atom. The SMILES string of the molecule is CCCCCCCC[n+]1cn(C)c2cc(S(=O)(=O)O)ccc21. The third kappa shape index (κ3) is 4.08. The molecule has 0 bridgehead atoms. The van der Waals surface area contributed by atoms with E-state index in [0.29, 0.717) is 0 Å². The molecule has 1 heterocycles. The summed E-state index contributed by atoms with van der Waals surface area (Å²) in [5.41, 5.74) is 1.80. The predicted octanol–water partition coefficient (Wildman–Crippen LogP) is 3.07. The first-order valence-electron chi connectivity index (χ1n) is 7.89. The van der Waals surface area contributed by atoms with Gasteiger partial charge in [0.05, 0.1) is 18.5 Å². The lowest BCUT2D eigenvalue weighted by molar-refractivity contribution is -0.672. The van der Waals surface area contributed by atoms with Gasteiger partial charge in [0.1, 0.15) is 0 Å². The summed E-state index contributed by atoms with van der Waals surface area (Å²) < 4.78 is 35.6. The summed E-state index contributed by atoms with van der Waals surface area (Å²) in [6.45, 7) is 3.14. The molecule has 5 nitrogen and oxygen atoms in total. The Bertz CT molecular complexity index is 735. The van der Waals surface area contributed by atoms with Gasteiger partial charge in [0.15, 0.2) is 11.0 Å². The van der Waals surface area contributed by atoms with Crippen LogP contribution in [0.5, 0.6) is 0 Å². The lowest BCUT2D eigenvalue weighted by Crippen LogP contribution is -2.32. The third-order valence-corrected chi connectivity index (χ3v) is 4.85. The third-order valence-electron chi connectivity index (χ3n) is 4.00. The van der Waals surface area contributed by atoms with Crippen LogP contribution in [0.15, 0.2) is 29.4 Å². The van der Waals surface area contributed by atoms with E-state index in [4.69, 9.17) is 4.55 Å². The zero-order chi connectivity index (χ0) is 16.2. The fraction of sp³-hybridized carbons (Fsp3) is 0.562. The van der Waals surface area contributed by atoms with Crippen molar-refractivity contribution in [3.63, 3.8) is 0 Å². The fourth-order valence-corrected chi connectivity index (χ4v) is 3.26. The monoisotopic (exact) mass is 325 g/mol. The maximum Gasteiger partial charge on any atom is 0.294 e. The molecule has 0 aliphatic rings. The number of hydrogen-bond donors (Lipinski definition) is 1. The lowest BCUT2D eigenvalue weighted by Gasteiger charge is -2.00. The van der Waals surface area contributed by atoms with Crippen LogP contribution in [0.25, 0.3) is 11.0 Å². The molecule has 2 aromatic rings. The molecule has 0 fully saturated rings. The minimum atomic E-state index is -4.15. The van der Waals surface area contributed by atoms with Crippen molar-refractivity contribution in [2.75, 3.05) is 0 Å². The summed E-state index contributed by atoms with van der Waals surface area (Å²) in [6.07, 6.45) is 9.44. The van der Waals surface area contributed by atoms with Gasteiger partial charge >= 0.3 is 0 Å². The summed E-state index contributed by atoms with van der Waals surface area (Å²) in [4.78, 5) is -0.0621. The Hall–Kier alpha value is -1.40. The maximum absolute atomic E-state index is 11.2. The van der Waals surface area contributed by atoms with Crippen molar-refractivity contribution in [2.45, 2.75) is 56.9 Å². The van der Waals surface area contributed by atoms with Crippen LogP contribution in [0, 0.1) is 0 Å². The first kappa shape index (κ1) is 17.0. The van der Waals surface area contributed by atoms with Gasteiger partial charge in [-0.1, -0.05) is 32.6 Å². The minimum Gasteiger partial charge on any atom is -0.282 e. The number of imidazole rings is 1. The van der Waals surface area contributed by atoms with Crippen LogP contribution in [0.4, 0.5) is 0 Å². The minimum absolute atomic E-state index is 0.0621. The highest BCUT2D eigenvalue weighted by Crippen LogP contribution is 2.17. The van der Waals surface area contributed by atoms with Crippen LogP contribution >= 0.6 is 0 Å². The Morgan fingerprint density at radius 2 is 1.82 bits per heavy atom. The zero-order valence-electron chi connectivity index (χ0n) is 13.3. The van der Waals surface area contributed by atoms with Crippen molar-refractivity contribution >= 4 is 21.2 Å². The quantitative estimate of drug-likeness (QED) is 0.461. The number of rotatable bonds is 8. The van der Waals surface area contributed by atoms with E-state index in [0.717, 1.165) is 24.0 Å². The second kappa shape index (κ2) is 7.24. The molecule has 1 aromatic heterocycles. The van der Waals surface area contributed by atoms with Gasteiger partial charge in [0.2, 0.25) is 6.33 Å². The number of aryl methyl sites for hydroxylation is 2. The van der Waals surface area contributed by atoms with Crippen molar-refractivity contribution in [2.24, 2.45) is 7.05 Å². The van der Waals surface area contributed by atoms with Gasteiger partial charge in [-0.15, -0.1) is 0 Å². The second-order valence-corrected chi connectivity index (χ2v) is 7.23. The average molecular weight is 325 g/mol. The molecule has 0 saturated heterocycles. The summed E-state index contributed by atoms with van der Waals surface area (Å²) in [7, 11) is -2.27. The van der Waals surface area contributed by atoms with Gasteiger partial charge in [0, 0.05) is 6.07 Å². The van der Waals surface area contributed by atoms with Gasteiger partial charge in [0.25, 0.3) is 10.1 Å². The second-order valence-electron chi connectivity index (χ2n) is 5.81. The molecule has 122 valence electrons. The van der Waals surface area contributed by atoms with Crippen molar-refractivity contribution in [3.8, 4) is 0 Å². The summed E-state index contributed by atoms with van der Waals surface area (Å²) in [6, 6.07) is 4.73. The smallest absolute Gasteiger partial charge is 0.282 e. The first-order valence-corrected chi connectivity index (χ1v) is 9.33. The van der Waals surface area contributed by atoms with E-state index in [1.807, 2.05) is 17.9 Å². The van der Waals surface area contributed by atoms with E-state index in [2.05, 4.69) is 11.5 Å². The normalized spacial score (nSPS) is 12.1. The highest BCUT2D eigenvalue weighted by Gasteiger charge is 2.17. The van der Waals surface area contributed by atoms with Crippen LogP contribution < -0.4 is 4.57 Å². The van der Waals surface area contributed by atoms with Crippen molar-refractivity contribution < 1.29 is 17.5 Å². The number of unbranched alkanes of at least 4 members (excludes halogenated alkanes) is 5. The first-order chi connectivity index (χ1) is 10.4. The maximum atomic E-state index is 11.2. The van der Waals surface area contributed by atoms with E-state index in [9.17, 15) is 8.42 Å². The number of benzene rings is 1. The van der Waals surface area contributed by atoms with E-state index in [1.54, 1.807) is 6.07 Å². The molecule has 2 rings (SSSR count). The summed E-state index contributed by atoms with van der Waals surface area (Å²) >= 11 is 0. The van der Waals surface area contributed by atoms with Gasteiger partial charge in [-0.05, 0) is 25.0 Å². The topological polar surface area (TPSA) is 63.2 Å². The predicted molar refractivity (Wildman–Crippen MR) is 86.3 cm³/mol. The van der Waals surface area contributed by atoms with Crippen molar-refractivity contribution in [1.29, 1.82) is 0 Å². The van der Waals surface area contributed by atoms with E-state index < -0.39 is 10.1 Å². The molecule has 0 saturated carbocycles. The molecule has 0 unspecified atom stereocenters. The Labute approximate surface area is 132 Å². The molecule has 0 aliphatic heterocycles. The summed E-state index contributed by atoms with van der Waals surface area (Å²) in [5.74, 6) is 0. The molecular formula is C16H25N2O3S+. The fourth-order valence-electron chi connectivity index (χ4n) is 2.76. The highest BCUT2D eigenvalue weighted by atomic mass is 32.2. The van der Waals surface area contributed by atoms with Crippen LogP contribution in [0.1, 0.15) is 45.4 Å². The van der Waals surface area contributed by atoms with E-state index in [1.165, 1.54) is 44.2 Å². The number of aromatic nitrogens is 2. The number of nitrogens with zero attached hydrogens (tertiary/aromatic N) is 2. The molecular weight excluding hydrogens is 300 g/mol. The molecule has 0 aliphatic carbocycles. The van der Waals surface area contributed by atoms with Crippen LogP contribution in [-0.4, -0.2) is 17.5 Å². The molecule has 22 heavy (non-hydrogen) atoms. The van der Waals surface area contributed by atoms with Crippen molar-refractivity contribution in [3.05, 3.63) is 24.5 Å². The largest absolute Gasteiger partial charge is 0.294 e. The zero-order valence-corrected chi connectivity index (χ0v) is 14.1. The Kier molecular flexibility index (Phi) is 5.58. The molecule has 1 N–H and O–H groups in total. The molecule has 0 radical (unpaired) electrons. The number of fused-ring (bicyclic) bond motifs is 1. The molecule has 1 aromatic carbocycles. The highest BCUT2D eigenvalue weighted by molar-refractivity contribution is 7.85. The van der Waals surface area contributed by atoms with Gasteiger partial charge in [-0.2, -0.15) is 8.42 Å². The van der Waals surface area contributed by atoms with Gasteiger partial charge in [-0.25, -0.2) is 9.13 Å².